The van der Waals surface area contributed by atoms with Crippen LogP contribution in [0.1, 0.15) is 66.3 Å². The molecular formula is C28H35ClN2O7. The zero-order chi connectivity index (χ0) is 28.1. The van der Waals surface area contributed by atoms with Crippen LogP contribution in [0.15, 0.2) is 24.3 Å². The smallest absolute Gasteiger partial charge is 0.345 e. The van der Waals surface area contributed by atoms with Crippen LogP contribution in [-0.4, -0.2) is 69.1 Å². The van der Waals surface area contributed by atoms with E-state index < -0.39 is 11.9 Å². The summed E-state index contributed by atoms with van der Waals surface area (Å²) in [5.41, 5.74) is 1.37. The minimum absolute atomic E-state index is 0.0464. The summed E-state index contributed by atoms with van der Waals surface area (Å²) in [5.74, 6) is -1.10. The highest BCUT2D eigenvalue weighted by atomic mass is 35.5. The fourth-order valence-electron chi connectivity index (χ4n) is 4.80. The molecule has 206 valence electrons. The van der Waals surface area contributed by atoms with Crippen LogP contribution < -0.4 is 19.5 Å². The molecule has 0 unspecified atom stereocenters. The Morgan fingerprint density at radius 2 is 1.82 bits per heavy atom. The van der Waals surface area contributed by atoms with Gasteiger partial charge in [-0.2, -0.15) is 0 Å². The second kappa shape index (κ2) is 12.5. The van der Waals surface area contributed by atoms with Gasteiger partial charge in [-0.25, -0.2) is 4.79 Å². The van der Waals surface area contributed by atoms with Crippen LogP contribution in [0.2, 0.25) is 5.02 Å². The molecule has 1 saturated heterocycles. The molecular weight excluding hydrogens is 512 g/mol. The highest BCUT2D eigenvalue weighted by Crippen LogP contribution is 2.48. The van der Waals surface area contributed by atoms with Crippen LogP contribution in [0.5, 0.6) is 17.2 Å². The molecule has 3 rings (SSSR count). The van der Waals surface area contributed by atoms with Gasteiger partial charge in [0.25, 0.3) is 0 Å². The molecule has 0 radical (unpaired) electrons. The van der Waals surface area contributed by atoms with E-state index in [1.165, 1.54) is 28.1 Å². The van der Waals surface area contributed by atoms with E-state index >= 15 is 0 Å². The number of nitrogens with zero attached hydrogens (tertiary/aromatic N) is 1. The first kappa shape index (κ1) is 29.3. The average Bonchev–Trinajstić information content (AvgIpc) is 3.22. The van der Waals surface area contributed by atoms with Crippen molar-refractivity contribution in [3.63, 3.8) is 0 Å². The van der Waals surface area contributed by atoms with Crippen molar-refractivity contribution < 1.29 is 33.3 Å². The molecule has 2 atom stereocenters. The minimum Gasteiger partial charge on any atom is -0.496 e. The highest BCUT2D eigenvalue weighted by molar-refractivity contribution is 6.36. The number of esters is 2. The molecule has 1 N–H and O–H groups in total. The van der Waals surface area contributed by atoms with E-state index in [-0.39, 0.29) is 58.0 Å². The van der Waals surface area contributed by atoms with Gasteiger partial charge in [0, 0.05) is 30.5 Å². The number of carbonyl (C=O) groups excluding carboxylic acids is 3. The second-order valence-electron chi connectivity index (χ2n) is 9.56. The summed E-state index contributed by atoms with van der Waals surface area (Å²) in [5, 5.41) is 3.42. The maximum absolute atomic E-state index is 13.6. The first-order chi connectivity index (χ1) is 18.0. The number of Topliss-reactive ketones (excluding diaryl/α,β-unsaturated/α-hetero) is 1. The molecule has 1 heterocycles. The van der Waals surface area contributed by atoms with Gasteiger partial charge in [-0.15, -0.1) is 0 Å². The van der Waals surface area contributed by atoms with E-state index in [1.807, 2.05) is 20.9 Å². The predicted octanol–water partition coefficient (Wildman–Crippen LogP) is 4.95. The number of nitrogens with one attached hydrogen (secondary N) is 1. The third kappa shape index (κ3) is 6.22. The number of ether oxygens (including phenoxy) is 4. The van der Waals surface area contributed by atoms with Crippen LogP contribution in [-0.2, 0) is 9.53 Å². The number of carbonyl (C=O) groups is 3. The highest BCUT2D eigenvalue weighted by Gasteiger charge is 2.40. The second-order valence-corrected chi connectivity index (χ2v) is 9.93. The van der Waals surface area contributed by atoms with Crippen molar-refractivity contribution in [1.82, 2.24) is 4.90 Å². The van der Waals surface area contributed by atoms with Crippen LogP contribution in [0.3, 0.4) is 0 Å². The van der Waals surface area contributed by atoms with Crippen molar-refractivity contribution in [1.29, 1.82) is 0 Å². The number of rotatable bonds is 10. The number of methoxy groups -OCH3 is 2. The summed E-state index contributed by atoms with van der Waals surface area (Å²) in [6.45, 7) is 7.47. The minimum atomic E-state index is -0.732. The summed E-state index contributed by atoms with van der Waals surface area (Å²) in [4.78, 5) is 40.1. The van der Waals surface area contributed by atoms with Crippen molar-refractivity contribution in [2.45, 2.75) is 52.1 Å². The van der Waals surface area contributed by atoms with E-state index in [0.29, 0.717) is 30.0 Å². The first-order valence-corrected chi connectivity index (χ1v) is 12.8. The molecule has 0 bridgehead atoms. The lowest BCUT2D eigenvalue weighted by atomic mass is 9.87. The molecule has 0 aliphatic carbocycles. The largest absolute Gasteiger partial charge is 0.496 e. The Bertz CT molecular complexity index is 1210. The van der Waals surface area contributed by atoms with Crippen molar-refractivity contribution >= 4 is 35.0 Å². The lowest BCUT2D eigenvalue weighted by Crippen LogP contribution is -2.34. The fraction of sp³-hybridized carbons (Fsp3) is 0.464. The van der Waals surface area contributed by atoms with Crippen molar-refractivity contribution in [2.75, 3.05) is 39.7 Å². The Hall–Kier alpha value is -3.30. The van der Waals surface area contributed by atoms with Crippen LogP contribution in [0.25, 0.3) is 0 Å². The average molecular weight is 547 g/mol. The molecule has 0 saturated carbocycles. The zero-order valence-corrected chi connectivity index (χ0v) is 23.6. The van der Waals surface area contributed by atoms with Gasteiger partial charge in [0.1, 0.15) is 23.7 Å². The van der Waals surface area contributed by atoms with Gasteiger partial charge in [-0.1, -0.05) is 17.7 Å². The normalized spacial score (nSPS) is 17.3. The monoisotopic (exact) mass is 546 g/mol. The maximum atomic E-state index is 13.6. The number of hydrogen-bond donors (Lipinski definition) is 1. The summed E-state index contributed by atoms with van der Waals surface area (Å²) < 4.78 is 22.6. The molecule has 0 spiro atoms. The Morgan fingerprint density at radius 3 is 2.39 bits per heavy atom. The van der Waals surface area contributed by atoms with Crippen molar-refractivity contribution in [3.8, 4) is 17.2 Å². The molecule has 10 heteroatoms. The molecule has 0 amide bonds. The van der Waals surface area contributed by atoms with Gasteiger partial charge in [-0.3, -0.25) is 14.5 Å². The van der Waals surface area contributed by atoms with E-state index in [2.05, 4.69) is 10.2 Å². The van der Waals surface area contributed by atoms with E-state index in [1.54, 1.807) is 24.3 Å². The van der Waals surface area contributed by atoms with Gasteiger partial charge in [0.05, 0.1) is 36.5 Å². The lowest BCUT2D eigenvalue weighted by molar-refractivity contribution is -0.142. The topological polar surface area (TPSA) is 103 Å². The standard InChI is InChI=1S/C28H35ClN2O7/c1-15(2)30-20-10-8-9-19(26(20)29)28(34)38-27-24(16(3)32)22(35-6)13-23(36-7)25(27)18-11-12-31(5)21(18)14-37-17(4)33/h8-10,13,15,18,21,30H,11-12,14H2,1-7H3/t18-,21+/m1/s1. The molecule has 38 heavy (non-hydrogen) atoms. The summed E-state index contributed by atoms with van der Waals surface area (Å²) >= 11 is 6.58. The first-order valence-electron chi connectivity index (χ1n) is 12.4. The van der Waals surface area contributed by atoms with Crippen LogP contribution in [0.4, 0.5) is 5.69 Å². The molecule has 9 nitrogen and oxygen atoms in total. The quantitative estimate of drug-likeness (QED) is 0.252. The Kier molecular flexibility index (Phi) is 9.62. The van der Waals surface area contributed by atoms with E-state index in [4.69, 9.17) is 30.5 Å². The van der Waals surface area contributed by atoms with E-state index in [0.717, 1.165) is 0 Å². The summed E-state index contributed by atoms with van der Waals surface area (Å²) in [6.07, 6.45) is 0.654. The molecule has 0 aromatic heterocycles. The number of likely N-dealkylation sites (N-methyl/N-ethyl adjacent to an activating group) is 1. The van der Waals surface area contributed by atoms with Crippen LogP contribution >= 0.6 is 11.6 Å². The number of halogens is 1. The molecule has 1 aliphatic heterocycles. The van der Waals surface area contributed by atoms with Gasteiger partial charge in [0.2, 0.25) is 0 Å². The Labute approximate surface area is 228 Å². The molecule has 1 aliphatic rings. The molecule has 1 fully saturated rings. The van der Waals surface area contributed by atoms with Gasteiger partial charge in [0.15, 0.2) is 11.5 Å². The Balaban J connectivity index is 2.19. The fourth-order valence-corrected chi connectivity index (χ4v) is 5.06. The van der Waals surface area contributed by atoms with Gasteiger partial charge < -0.3 is 24.3 Å². The molecule has 2 aromatic carbocycles. The number of hydrogen-bond acceptors (Lipinski definition) is 9. The lowest BCUT2D eigenvalue weighted by Gasteiger charge is -2.28. The third-order valence-electron chi connectivity index (χ3n) is 6.55. The van der Waals surface area contributed by atoms with Crippen molar-refractivity contribution in [2.24, 2.45) is 0 Å². The predicted molar refractivity (Wildman–Crippen MR) is 145 cm³/mol. The van der Waals surface area contributed by atoms with Crippen molar-refractivity contribution in [3.05, 3.63) is 46.0 Å². The number of likely N-dealkylation sites (tertiary alicyclic amines) is 1. The maximum Gasteiger partial charge on any atom is 0.345 e. The van der Waals surface area contributed by atoms with Gasteiger partial charge in [-0.05, 0) is 52.9 Å². The number of anilines is 1. The number of benzene rings is 2. The third-order valence-corrected chi connectivity index (χ3v) is 6.95. The SMILES string of the molecule is COc1cc(OC)c([C@@H]2CCN(C)[C@H]2COC(C)=O)c(OC(=O)c2cccc(NC(C)C)c2Cl)c1C(C)=O. The van der Waals surface area contributed by atoms with E-state index in [9.17, 15) is 14.4 Å². The van der Waals surface area contributed by atoms with Crippen LogP contribution in [0, 0.1) is 0 Å². The summed E-state index contributed by atoms with van der Waals surface area (Å²) in [7, 11) is 4.85. The Morgan fingerprint density at radius 1 is 1.13 bits per heavy atom. The number of ketones is 1. The van der Waals surface area contributed by atoms with Gasteiger partial charge >= 0.3 is 11.9 Å². The molecule has 2 aromatic rings. The summed E-state index contributed by atoms with van der Waals surface area (Å²) in [6, 6.07) is 6.51. The zero-order valence-electron chi connectivity index (χ0n) is 22.8.